The second kappa shape index (κ2) is 7.52. The number of benzene rings is 1. The minimum Gasteiger partial charge on any atom is -0.475 e. The lowest BCUT2D eigenvalue weighted by atomic mass is 10.1. The van der Waals surface area contributed by atoms with Crippen LogP contribution in [0, 0.1) is 11.6 Å². The molecule has 0 saturated heterocycles. The highest BCUT2D eigenvalue weighted by Gasteiger charge is 2.51. The van der Waals surface area contributed by atoms with E-state index >= 15 is 0 Å². The van der Waals surface area contributed by atoms with Crippen molar-refractivity contribution in [1.29, 1.82) is 0 Å². The molecule has 0 radical (unpaired) electrons. The van der Waals surface area contributed by atoms with Crippen molar-refractivity contribution in [3.05, 3.63) is 41.7 Å². The van der Waals surface area contributed by atoms with Crippen molar-refractivity contribution in [2.45, 2.75) is 23.2 Å². The number of nitrogens with one attached hydrogen (secondary N) is 2. The van der Waals surface area contributed by atoms with Crippen LogP contribution in [0.5, 0.6) is 5.75 Å². The van der Waals surface area contributed by atoms with Gasteiger partial charge >= 0.3 is 6.18 Å². The number of carbonyl (C=O) groups is 1. The number of aliphatic hydroxyl groups is 1. The molecular weight excluding hydrogens is 441 g/mol. The number of aromatic nitrogens is 1. The molecule has 2 atom stereocenters. The Morgan fingerprint density at radius 2 is 1.97 bits per heavy atom. The first-order valence-corrected chi connectivity index (χ1v) is 9.65. The maximum atomic E-state index is 13.4. The van der Waals surface area contributed by atoms with Crippen LogP contribution in [0.1, 0.15) is 10.5 Å². The van der Waals surface area contributed by atoms with Gasteiger partial charge in [-0.25, -0.2) is 21.9 Å². The topological polar surface area (TPSA) is 110 Å². The molecule has 0 fully saturated rings. The van der Waals surface area contributed by atoms with Gasteiger partial charge in [0, 0.05) is 25.0 Å². The first-order chi connectivity index (χ1) is 13.8. The highest BCUT2D eigenvalue weighted by molar-refractivity contribution is 7.89. The van der Waals surface area contributed by atoms with Gasteiger partial charge in [-0.3, -0.25) is 4.79 Å². The number of alkyl halides is 3. The smallest absolute Gasteiger partial charge is 0.427 e. The number of hydrogen-bond acceptors (Lipinski definition) is 5. The van der Waals surface area contributed by atoms with E-state index in [1.165, 1.54) is 7.05 Å². The number of rotatable bonds is 3. The molecule has 30 heavy (non-hydrogen) atoms. The van der Waals surface area contributed by atoms with Gasteiger partial charge < -0.3 is 19.7 Å². The molecule has 1 aliphatic rings. The number of carbonyl (C=O) groups excluding carboxylic acids is 1. The van der Waals surface area contributed by atoms with E-state index in [1.54, 1.807) is 4.72 Å². The highest BCUT2D eigenvalue weighted by atomic mass is 32.2. The summed E-state index contributed by atoms with van der Waals surface area (Å²) < 4.78 is 99.0. The van der Waals surface area contributed by atoms with Crippen LogP contribution in [0.4, 0.5) is 27.6 Å². The van der Waals surface area contributed by atoms with Gasteiger partial charge in [0.05, 0.1) is 12.6 Å². The summed E-state index contributed by atoms with van der Waals surface area (Å²) in [5.74, 6) is -4.51. The van der Waals surface area contributed by atoms with Crippen LogP contribution in [0.25, 0.3) is 0 Å². The number of ether oxygens (including phenoxy) is 1. The van der Waals surface area contributed by atoms with E-state index in [2.05, 4.69) is 5.32 Å². The Kier molecular flexibility index (Phi) is 5.51. The Balaban J connectivity index is 2.08. The van der Waals surface area contributed by atoms with Crippen molar-refractivity contribution >= 4 is 21.6 Å². The van der Waals surface area contributed by atoms with Crippen molar-refractivity contribution in [2.75, 3.05) is 11.9 Å². The molecule has 3 N–H and O–H groups in total. The Morgan fingerprint density at radius 3 is 2.53 bits per heavy atom. The van der Waals surface area contributed by atoms with Crippen LogP contribution in [-0.2, 0) is 17.1 Å². The quantitative estimate of drug-likeness (QED) is 0.608. The van der Waals surface area contributed by atoms with Gasteiger partial charge in [0.2, 0.25) is 16.1 Å². The van der Waals surface area contributed by atoms with Crippen molar-refractivity contribution in [2.24, 2.45) is 7.05 Å². The Labute approximate surface area is 166 Å². The van der Waals surface area contributed by atoms with Crippen molar-refractivity contribution in [3.8, 4) is 5.75 Å². The first kappa shape index (κ1) is 22.0. The average Bonchev–Trinajstić information content (AvgIpc) is 2.91. The fourth-order valence-electron chi connectivity index (χ4n) is 2.87. The number of amides is 1. The van der Waals surface area contributed by atoms with E-state index < -0.39 is 68.8 Å². The van der Waals surface area contributed by atoms with Crippen molar-refractivity contribution in [3.63, 3.8) is 0 Å². The third-order valence-electron chi connectivity index (χ3n) is 4.22. The van der Waals surface area contributed by atoms with Crippen LogP contribution < -0.4 is 14.8 Å². The highest BCUT2D eigenvalue weighted by Crippen LogP contribution is 2.38. The Hall–Kier alpha value is -2.71. The van der Waals surface area contributed by atoms with E-state index in [4.69, 9.17) is 4.74 Å². The molecule has 0 bridgehead atoms. The molecule has 2 aromatic rings. The molecular formula is C16H14F5N3O5S. The van der Waals surface area contributed by atoms with Gasteiger partial charge in [-0.1, -0.05) is 0 Å². The molecule has 2 heterocycles. The third-order valence-corrected chi connectivity index (χ3v) is 5.70. The van der Waals surface area contributed by atoms with Crippen LogP contribution in [0.15, 0.2) is 29.3 Å². The van der Waals surface area contributed by atoms with Crippen LogP contribution in [0.2, 0.25) is 0 Å². The summed E-state index contributed by atoms with van der Waals surface area (Å²) in [4.78, 5) is 11.9. The van der Waals surface area contributed by atoms with Gasteiger partial charge in [0.1, 0.15) is 4.90 Å². The summed E-state index contributed by atoms with van der Waals surface area (Å²) in [6.07, 6.45) is -7.04. The number of aryl methyl sites for hydroxylation is 1. The molecule has 1 unspecified atom stereocenters. The zero-order chi connectivity index (χ0) is 22.4. The normalized spacial score (nSPS) is 20.8. The molecule has 1 aromatic carbocycles. The minimum atomic E-state index is -5.10. The van der Waals surface area contributed by atoms with E-state index in [0.717, 1.165) is 16.8 Å². The molecule has 8 nitrogen and oxygen atoms in total. The van der Waals surface area contributed by atoms with Crippen molar-refractivity contribution in [1.82, 2.24) is 9.29 Å². The maximum absolute atomic E-state index is 13.4. The lowest BCUT2D eigenvalue weighted by Gasteiger charge is -2.26. The molecule has 1 amide bonds. The zero-order valence-corrected chi connectivity index (χ0v) is 15.8. The number of aliphatic hydroxyl groups excluding tert-OH is 1. The number of fused-ring (bicyclic) bond motifs is 1. The minimum absolute atomic E-state index is 0.232. The summed E-state index contributed by atoms with van der Waals surface area (Å²) in [6, 6.07) is 0.285. The third kappa shape index (κ3) is 3.97. The van der Waals surface area contributed by atoms with E-state index in [-0.39, 0.29) is 5.69 Å². The standard InChI is InChI=1S/C16H14F5N3O5S/c1-24-5-11-13(12(24)15(26)22-7-2-3-8(17)9(18)4-7)29-14(16(19,20)21)10(6-25)23-30(11,27)28/h2-5,10,14,23,25H,6H2,1H3,(H,22,26)/t10-,14?/m0/s1. The molecule has 3 rings (SSSR count). The number of nitrogens with zero attached hydrogens (tertiary/aromatic N) is 1. The SMILES string of the molecule is Cn1cc2c(c1C(=O)Nc1ccc(F)c(F)c1)OC(C(F)(F)F)[C@H](CO)NS2(=O)=O. The summed E-state index contributed by atoms with van der Waals surface area (Å²) in [6.45, 7) is -1.23. The predicted octanol–water partition coefficient (Wildman–Crippen LogP) is 1.52. The summed E-state index contributed by atoms with van der Waals surface area (Å²) in [5, 5.41) is 11.4. The van der Waals surface area contributed by atoms with Crippen molar-refractivity contribution < 1.29 is 45.0 Å². The first-order valence-electron chi connectivity index (χ1n) is 8.17. The van der Waals surface area contributed by atoms with Gasteiger partial charge in [-0.15, -0.1) is 0 Å². The largest absolute Gasteiger partial charge is 0.475 e. The molecule has 164 valence electrons. The lowest BCUT2D eigenvalue weighted by molar-refractivity contribution is -0.204. The second-order valence-corrected chi connectivity index (χ2v) is 8.04. The van der Waals surface area contributed by atoms with Gasteiger partial charge in [-0.2, -0.15) is 13.2 Å². The van der Waals surface area contributed by atoms with Crippen LogP contribution in [-0.4, -0.2) is 48.9 Å². The summed E-state index contributed by atoms with van der Waals surface area (Å²) in [7, 11) is -3.42. The number of anilines is 1. The fraction of sp³-hybridized carbons (Fsp3) is 0.312. The fourth-order valence-corrected chi connectivity index (χ4v) is 4.28. The average molecular weight is 455 g/mol. The van der Waals surface area contributed by atoms with E-state index in [9.17, 15) is 40.3 Å². The zero-order valence-electron chi connectivity index (χ0n) is 15.0. The second-order valence-electron chi connectivity index (χ2n) is 6.36. The predicted molar refractivity (Wildman–Crippen MR) is 91.4 cm³/mol. The van der Waals surface area contributed by atoms with Crippen LogP contribution in [0.3, 0.4) is 0 Å². The molecule has 1 aliphatic heterocycles. The molecule has 14 heteroatoms. The van der Waals surface area contributed by atoms with Gasteiger partial charge in [-0.05, 0) is 12.1 Å². The lowest BCUT2D eigenvalue weighted by Crippen LogP contribution is -2.53. The van der Waals surface area contributed by atoms with Gasteiger partial charge in [0.25, 0.3) is 5.91 Å². The summed E-state index contributed by atoms with van der Waals surface area (Å²) >= 11 is 0. The molecule has 1 aromatic heterocycles. The Bertz CT molecular complexity index is 1100. The number of sulfonamides is 1. The molecule has 0 aliphatic carbocycles. The van der Waals surface area contributed by atoms with Gasteiger partial charge in [0.15, 0.2) is 23.1 Å². The maximum Gasteiger partial charge on any atom is 0.427 e. The number of hydrogen-bond donors (Lipinski definition) is 3. The summed E-state index contributed by atoms with van der Waals surface area (Å²) in [5.41, 5.74) is -0.850. The van der Waals surface area contributed by atoms with E-state index in [1.807, 2.05) is 0 Å². The van der Waals surface area contributed by atoms with E-state index in [0.29, 0.717) is 12.1 Å². The monoisotopic (exact) mass is 455 g/mol. The number of halogens is 5. The van der Waals surface area contributed by atoms with Crippen LogP contribution >= 0.6 is 0 Å². The molecule has 0 spiro atoms. The Morgan fingerprint density at radius 1 is 1.30 bits per heavy atom. The molecule has 0 saturated carbocycles.